The molecular weight excluding hydrogens is 232 g/mol. The van der Waals surface area contributed by atoms with Crippen molar-refractivity contribution in [2.24, 2.45) is 5.92 Å². The Balaban J connectivity index is 2.77. The second-order valence-corrected chi connectivity index (χ2v) is 5.07. The van der Waals surface area contributed by atoms with Crippen molar-refractivity contribution in [1.82, 2.24) is 5.32 Å². The van der Waals surface area contributed by atoms with Crippen molar-refractivity contribution < 1.29 is 8.78 Å². The zero-order valence-corrected chi connectivity index (χ0v) is 11.7. The maximum atomic E-state index is 13.9. The smallest absolute Gasteiger partial charge is 0.162 e. The lowest BCUT2D eigenvalue weighted by Gasteiger charge is -2.21. The second kappa shape index (κ2) is 6.83. The van der Waals surface area contributed by atoms with E-state index in [0.29, 0.717) is 11.1 Å². The van der Waals surface area contributed by atoms with Crippen molar-refractivity contribution in [3.8, 4) is 0 Å². The minimum atomic E-state index is -0.715. The van der Waals surface area contributed by atoms with E-state index in [4.69, 9.17) is 0 Å². The van der Waals surface area contributed by atoms with Crippen LogP contribution in [0.1, 0.15) is 44.2 Å². The van der Waals surface area contributed by atoms with Gasteiger partial charge in [-0.15, -0.1) is 0 Å². The summed E-state index contributed by atoms with van der Waals surface area (Å²) < 4.78 is 27.4. The van der Waals surface area contributed by atoms with Gasteiger partial charge in [0.05, 0.1) is 0 Å². The molecule has 3 heteroatoms. The summed E-state index contributed by atoms with van der Waals surface area (Å²) in [6, 6.07) is 3.35. The highest BCUT2D eigenvalue weighted by molar-refractivity contribution is 5.28. The average molecular weight is 255 g/mol. The van der Waals surface area contributed by atoms with Crippen molar-refractivity contribution in [3.63, 3.8) is 0 Å². The third kappa shape index (κ3) is 3.52. The van der Waals surface area contributed by atoms with Crippen LogP contribution in [0.4, 0.5) is 8.78 Å². The molecule has 0 radical (unpaired) electrons. The van der Waals surface area contributed by atoms with E-state index in [9.17, 15) is 8.78 Å². The molecule has 0 bridgehead atoms. The molecular formula is C15H23F2N. The fraction of sp³-hybridized carbons (Fsp3) is 0.600. The van der Waals surface area contributed by atoms with Gasteiger partial charge >= 0.3 is 0 Å². The van der Waals surface area contributed by atoms with Crippen molar-refractivity contribution in [2.45, 2.75) is 40.0 Å². The third-order valence-corrected chi connectivity index (χ3v) is 3.54. The van der Waals surface area contributed by atoms with E-state index >= 15 is 0 Å². The molecule has 18 heavy (non-hydrogen) atoms. The molecule has 1 N–H and O–H groups in total. The number of halogens is 2. The van der Waals surface area contributed by atoms with E-state index in [0.717, 1.165) is 19.5 Å². The molecule has 0 saturated heterocycles. The molecule has 0 aromatic heterocycles. The SMILES string of the molecule is CCCNCC(C)C(C)c1ccc(C)c(F)c1F. The molecule has 0 aliphatic heterocycles. The lowest BCUT2D eigenvalue weighted by molar-refractivity contribution is 0.421. The Bertz CT molecular complexity index is 390. The summed E-state index contributed by atoms with van der Waals surface area (Å²) in [5.74, 6) is -1.13. The lowest BCUT2D eigenvalue weighted by Crippen LogP contribution is -2.25. The normalized spacial score (nSPS) is 14.6. The molecule has 0 saturated carbocycles. The van der Waals surface area contributed by atoms with Crippen LogP contribution in [0.2, 0.25) is 0 Å². The molecule has 2 unspecified atom stereocenters. The third-order valence-electron chi connectivity index (χ3n) is 3.54. The molecule has 0 amide bonds. The van der Waals surface area contributed by atoms with E-state index in [2.05, 4.69) is 19.2 Å². The first-order chi connectivity index (χ1) is 8.49. The molecule has 2 atom stereocenters. The Morgan fingerprint density at radius 3 is 2.44 bits per heavy atom. The molecule has 0 fully saturated rings. The van der Waals surface area contributed by atoms with Crippen LogP contribution in [0.25, 0.3) is 0 Å². The first kappa shape index (κ1) is 15.1. The van der Waals surface area contributed by atoms with Crippen LogP contribution in [0, 0.1) is 24.5 Å². The average Bonchev–Trinajstić information content (AvgIpc) is 2.35. The largest absolute Gasteiger partial charge is 0.316 e. The van der Waals surface area contributed by atoms with E-state index in [1.54, 1.807) is 19.1 Å². The molecule has 0 spiro atoms. The first-order valence-electron chi connectivity index (χ1n) is 6.64. The van der Waals surface area contributed by atoms with Crippen molar-refractivity contribution in [1.29, 1.82) is 0 Å². The van der Waals surface area contributed by atoms with Gasteiger partial charge in [0.2, 0.25) is 0 Å². The van der Waals surface area contributed by atoms with Gasteiger partial charge in [-0.3, -0.25) is 0 Å². The number of hydrogen-bond acceptors (Lipinski definition) is 1. The molecule has 0 heterocycles. The molecule has 1 nitrogen and oxygen atoms in total. The quantitative estimate of drug-likeness (QED) is 0.757. The Hall–Kier alpha value is -0.960. The van der Waals surface area contributed by atoms with Crippen LogP contribution >= 0.6 is 0 Å². The van der Waals surface area contributed by atoms with Crippen LogP contribution < -0.4 is 5.32 Å². The number of rotatable bonds is 6. The number of benzene rings is 1. The highest BCUT2D eigenvalue weighted by atomic mass is 19.2. The van der Waals surface area contributed by atoms with Crippen LogP contribution in [0.15, 0.2) is 12.1 Å². The highest BCUT2D eigenvalue weighted by Gasteiger charge is 2.20. The second-order valence-electron chi connectivity index (χ2n) is 5.07. The summed E-state index contributed by atoms with van der Waals surface area (Å²) in [5, 5.41) is 3.31. The van der Waals surface area contributed by atoms with Crippen molar-refractivity contribution >= 4 is 0 Å². The summed E-state index contributed by atoms with van der Waals surface area (Å²) in [4.78, 5) is 0. The summed E-state index contributed by atoms with van der Waals surface area (Å²) in [7, 11) is 0. The van der Waals surface area contributed by atoms with Gasteiger partial charge in [-0.05, 0) is 49.4 Å². The molecule has 1 aromatic carbocycles. The number of aryl methyl sites for hydroxylation is 1. The Kier molecular flexibility index (Phi) is 5.73. The zero-order chi connectivity index (χ0) is 13.7. The van der Waals surface area contributed by atoms with Crippen LogP contribution in [-0.4, -0.2) is 13.1 Å². The van der Waals surface area contributed by atoms with E-state index < -0.39 is 11.6 Å². The molecule has 0 aliphatic carbocycles. The summed E-state index contributed by atoms with van der Waals surface area (Å²) in [6.45, 7) is 9.48. The van der Waals surface area contributed by atoms with Crippen molar-refractivity contribution in [3.05, 3.63) is 34.9 Å². The highest BCUT2D eigenvalue weighted by Crippen LogP contribution is 2.28. The van der Waals surface area contributed by atoms with Crippen molar-refractivity contribution in [2.75, 3.05) is 13.1 Å². The predicted octanol–water partition coefficient (Wildman–Crippen LogP) is 4.01. The number of nitrogens with one attached hydrogen (secondary N) is 1. The maximum Gasteiger partial charge on any atom is 0.162 e. The number of hydrogen-bond donors (Lipinski definition) is 1. The predicted molar refractivity (Wildman–Crippen MR) is 71.8 cm³/mol. The Labute approximate surface area is 109 Å². The van der Waals surface area contributed by atoms with Crippen LogP contribution in [0.3, 0.4) is 0 Å². The van der Waals surface area contributed by atoms with E-state index in [1.807, 2.05) is 6.92 Å². The molecule has 0 aliphatic rings. The summed E-state index contributed by atoms with van der Waals surface area (Å²) in [5.41, 5.74) is 0.837. The molecule has 1 aromatic rings. The molecule has 1 rings (SSSR count). The fourth-order valence-electron chi connectivity index (χ4n) is 2.00. The standard InChI is InChI=1S/C15H23F2N/c1-5-8-18-9-11(3)12(4)13-7-6-10(2)14(16)15(13)17/h6-7,11-12,18H,5,8-9H2,1-4H3. The van der Waals surface area contributed by atoms with Gasteiger partial charge in [0, 0.05) is 0 Å². The first-order valence-corrected chi connectivity index (χ1v) is 6.64. The zero-order valence-electron chi connectivity index (χ0n) is 11.7. The van der Waals surface area contributed by atoms with Crippen LogP contribution in [0.5, 0.6) is 0 Å². The monoisotopic (exact) mass is 255 g/mol. The van der Waals surface area contributed by atoms with Gasteiger partial charge in [0.25, 0.3) is 0 Å². The lowest BCUT2D eigenvalue weighted by atomic mass is 9.88. The van der Waals surface area contributed by atoms with Gasteiger partial charge in [0.15, 0.2) is 11.6 Å². The summed E-state index contributed by atoms with van der Waals surface area (Å²) >= 11 is 0. The minimum absolute atomic E-state index is 0.00413. The Morgan fingerprint density at radius 1 is 1.17 bits per heavy atom. The van der Waals surface area contributed by atoms with Gasteiger partial charge in [-0.2, -0.15) is 0 Å². The Morgan fingerprint density at radius 2 is 1.83 bits per heavy atom. The topological polar surface area (TPSA) is 12.0 Å². The minimum Gasteiger partial charge on any atom is -0.316 e. The van der Waals surface area contributed by atoms with Crippen LogP contribution in [-0.2, 0) is 0 Å². The fourth-order valence-corrected chi connectivity index (χ4v) is 2.00. The summed E-state index contributed by atoms with van der Waals surface area (Å²) in [6.07, 6.45) is 1.08. The van der Waals surface area contributed by atoms with Gasteiger partial charge in [-0.1, -0.05) is 32.9 Å². The van der Waals surface area contributed by atoms with Gasteiger partial charge in [0.1, 0.15) is 0 Å². The van der Waals surface area contributed by atoms with Gasteiger partial charge < -0.3 is 5.32 Å². The maximum absolute atomic E-state index is 13.9. The molecule has 102 valence electrons. The van der Waals surface area contributed by atoms with Gasteiger partial charge in [-0.25, -0.2) is 8.78 Å². The van der Waals surface area contributed by atoms with E-state index in [-0.39, 0.29) is 11.8 Å². The van der Waals surface area contributed by atoms with E-state index in [1.165, 1.54) is 0 Å².